The lowest BCUT2D eigenvalue weighted by Crippen LogP contribution is -2.29. The van der Waals surface area contributed by atoms with Crippen molar-refractivity contribution in [2.45, 2.75) is 6.42 Å². The zero-order chi connectivity index (χ0) is 20.4. The molecule has 2 aromatic carbocycles. The van der Waals surface area contributed by atoms with E-state index in [9.17, 15) is 4.79 Å². The van der Waals surface area contributed by atoms with Gasteiger partial charge in [-0.2, -0.15) is 4.98 Å². The summed E-state index contributed by atoms with van der Waals surface area (Å²) >= 11 is 6.03. The Hall–Kier alpha value is -3.32. The molecule has 2 aromatic heterocycles. The van der Waals surface area contributed by atoms with Crippen molar-refractivity contribution in [1.82, 2.24) is 20.0 Å². The molecule has 8 heteroatoms. The second-order valence-electron chi connectivity index (χ2n) is 6.61. The number of carbonyl (C=O) groups excluding carboxylic acids is 1. The first-order valence-electron chi connectivity index (χ1n) is 9.05. The van der Waals surface area contributed by atoms with Gasteiger partial charge in [0.25, 0.3) is 11.8 Å². The van der Waals surface area contributed by atoms with Crippen LogP contribution in [0.3, 0.4) is 0 Å². The molecule has 0 unspecified atom stereocenters. The molecule has 0 aliphatic heterocycles. The molecule has 0 saturated heterocycles. The maximum Gasteiger partial charge on any atom is 0.274 e. The van der Waals surface area contributed by atoms with Crippen LogP contribution in [0.5, 0.6) is 5.75 Å². The van der Waals surface area contributed by atoms with Gasteiger partial charge in [-0.15, -0.1) is 0 Å². The predicted octanol–water partition coefficient (Wildman–Crippen LogP) is 4.19. The Morgan fingerprint density at radius 2 is 2.07 bits per heavy atom. The third kappa shape index (κ3) is 3.95. The van der Waals surface area contributed by atoms with Crippen LogP contribution in [0.2, 0.25) is 5.02 Å². The largest absolute Gasteiger partial charge is 0.496 e. The fraction of sp³-hybridized carbons (Fsp3) is 0.190. The summed E-state index contributed by atoms with van der Waals surface area (Å²) in [5.74, 6) is 1.34. The number of benzene rings is 2. The number of carbonyl (C=O) groups is 1. The number of ether oxygens (including phenoxy) is 1. The highest BCUT2D eigenvalue weighted by atomic mass is 35.5. The number of fused-ring (bicyclic) bond motifs is 1. The van der Waals surface area contributed by atoms with Gasteiger partial charge in [-0.3, -0.25) is 4.79 Å². The van der Waals surface area contributed by atoms with Crippen LogP contribution in [0.1, 0.15) is 16.2 Å². The van der Waals surface area contributed by atoms with Crippen molar-refractivity contribution < 1.29 is 14.1 Å². The molecular weight excluding hydrogens is 392 g/mol. The second kappa shape index (κ2) is 7.97. The van der Waals surface area contributed by atoms with Crippen LogP contribution in [0.15, 0.2) is 53.1 Å². The molecule has 29 heavy (non-hydrogen) atoms. The molecule has 7 nitrogen and oxygen atoms in total. The van der Waals surface area contributed by atoms with E-state index in [1.54, 1.807) is 31.2 Å². The molecular formula is C21H19ClN4O3. The maximum atomic E-state index is 12.7. The average molecular weight is 411 g/mol. The number of halogens is 1. The lowest BCUT2D eigenvalue weighted by atomic mass is 10.1. The zero-order valence-electron chi connectivity index (χ0n) is 16.0. The van der Waals surface area contributed by atoms with Crippen molar-refractivity contribution in [1.29, 1.82) is 0 Å². The van der Waals surface area contributed by atoms with Crippen LogP contribution in [0.4, 0.5) is 0 Å². The van der Waals surface area contributed by atoms with Gasteiger partial charge in [-0.25, -0.2) is 0 Å². The fourth-order valence-corrected chi connectivity index (χ4v) is 3.26. The molecule has 4 aromatic rings. The molecule has 4 rings (SSSR count). The number of para-hydroxylation sites is 1. The number of rotatable bonds is 6. The zero-order valence-corrected chi connectivity index (χ0v) is 16.7. The smallest absolute Gasteiger partial charge is 0.274 e. The summed E-state index contributed by atoms with van der Waals surface area (Å²) in [4.78, 5) is 21.9. The van der Waals surface area contributed by atoms with Gasteiger partial charge in [0.2, 0.25) is 0 Å². The van der Waals surface area contributed by atoms with Crippen LogP contribution in [-0.4, -0.2) is 46.6 Å². The number of nitrogens with one attached hydrogen (secondary N) is 1. The number of amides is 1. The van der Waals surface area contributed by atoms with Gasteiger partial charge in [0.05, 0.1) is 12.7 Å². The van der Waals surface area contributed by atoms with E-state index < -0.39 is 0 Å². The normalized spacial score (nSPS) is 11.0. The summed E-state index contributed by atoms with van der Waals surface area (Å²) in [7, 11) is 3.28. The number of hydrogen-bond donors (Lipinski definition) is 1. The Balaban J connectivity index is 1.44. The number of methoxy groups -OCH3 is 1. The molecule has 0 radical (unpaired) electrons. The van der Waals surface area contributed by atoms with E-state index in [2.05, 4.69) is 15.1 Å². The van der Waals surface area contributed by atoms with E-state index in [4.69, 9.17) is 20.9 Å². The third-order valence-corrected chi connectivity index (χ3v) is 4.87. The highest BCUT2D eigenvalue weighted by Gasteiger charge is 2.17. The van der Waals surface area contributed by atoms with Crippen LogP contribution in [0.25, 0.3) is 22.5 Å². The number of aromatic amines is 1. The summed E-state index contributed by atoms with van der Waals surface area (Å²) < 4.78 is 10.6. The Labute approximate surface area is 172 Å². The van der Waals surface area contributed by atoms with Crippen molar-refractivity contribution in [3.05, 3.63) is 64.9 Å². The first-order chi connectivity index (χ1) is 14.0. The number of likely N-dealkylation sites (N-methyl/N-ethyl adjacent to an activating group) is 1. The average Bonchev–Trinajstić information content (AvgIpc) is 3.37. The van der Waals surface area contributed by atoms with Crippen LogP contribution in [0, 0.1) is 0 Å². The predicted molar refractivity (Wildman–Crippen MR) is 110 cm³/mol. The highest BCUT2D eigenvalue weighted by Crippen LogP contribution is 2.25. The van der Waals surface area contributed by atoms with Crippen LogP contribution in [-0.2, 0) is 6.42 Å². The summed E-state index contributed by atoms with van der Waals surface area (Å²) in [6, 6.07) is 14.6. The van der Waals surface area contributed by atoms with Gasteiger partial charge in [0.1, 0.15) is 11.4 Å². The summed E-state index contributed by atoms with van der Waals surface area (Å²) in [6.07, 6.45) is 0.465. The Morgan fingerprint density at radius 1 is 1.24 bits per heavy atom. The molecule has 0 spiro atoms. The van der Waals surface area contributed by atoms with Gasteiger partial charge < -0.3 is 19.1 Å². The minimum Gasteiger partial charge on any atom is -0.496 e. The van der Waals surface area contributed by atoms with Crippen molar-refractivity contribution >= 4 is 28.4 Å². The molecule has 1 N–H and O–H groups in total. The highest BCUT2D eigenvalue weighted by molar-refractivity contribution is 6.31. The summed E-state index contributed by atoms with van der Waals surface area (Å²) in [6.45, 7) is 0.443. The van der Waals surface area contributed by atoms with Gasteiger partial charge in [0, 0.05) is 35.9 Å². The first kappa shape index (κ1) is 19.0. The van der Waals surface area contributed by atoms with E-state index >= 15 is 0 Å². The van der Waals surface area contributed by atoms with E-state index in [1.165, 1.54) is 0 Å². The minimum absolute atomic E-state index is 0.126. The van der Waals surface area contributed by atoms with Crippen molar-refractivity contribution in [2.75, 3.05) is 20.7 Å². The van der Waals surface area contributed by atoms with E-state index in [0.29, 0.717) is 41.0 Å². The fourth-order valence-electron chi connectivity index (χ4n) is 3.08. The van der Waals surface area contributed by atoms with E-state index in [-0.39, 0.29) is 5.91 Å². The standard InChI is InChI=1S/C21H19ClN4O3/c1-26(21(27)15-5-3-4-6-18(15)28-2)10-9-19-24-20(29-25-19)17-12-13-11-14(22)7-8-16(13)23-17/h3-8,11-12,23H,9-10H2,1-2H3. The molecule has 0 atom stereocenters. The number of nitrogens with zero attached hydrogens (tertiary/aromatic N) is 3. The molecule has 1 amide bonds. The van der Waals surface area contributed by atoms with Crippen molar-refractivity contribution in [3.8, 4) is 17.3 Å². The van der Waals surface area contributed by atoms with E-state index in [1.807, 2.05) is 36.4 Å². The minimum atomic E-state index is -0.126. The van der Waals surface area contributed by atoms with Crippen molar-refractivity contribution in [2.24, 2.45) is 0 Å². The number of hydrogen-bond acceptors (Lipinski definition) is 5. The topological polar surface area (TPSA) is 84.2 Å². The first-order valence-corrected chi connectivity index (χ1v) is 9.42. The van der Waals surface area contributed by atoms with Crippen molar-refractivity contribution in [3.63, 3.8) is 0 Å². The van der Waals surface area contributed by atoms with Gasteiger partial charge in [0.15, 0.2) is 5.82 Å². The molecule has 2 heterocycles. The van der Waals surface area contributed by atoms with Crippen LogP contribution < -0.4 is 4.74 Å². The summed E-state index contributed by atoms with van der Waals surface area (Å²) in [5, 5.41) is 5.65. The molecule has 0 aliphatic rings. The van der Waals surface area contributed by atoms with Gasteiger partial charge >= 0.3 is 0 Å². The van der Waals surface area contributed by atoms with Crippen LogP contribution >= 0.6 is 11.6 Å². The number of H-pyrrole nitrogens is 1. The third-order valence-electron chi connectivity index (χ3n) is 4.64. The second-order valence-corrected chi connectivity index (χ2v) is 7.04. The quantitative estimate of drug-likeness (QED) is 0.515. The van der Waals surface area contributed by atoms with Gasteiger partial charge in [-0.1, -0.05) is 28.9 Å². The lowest BCUT2D eigenvalue weighted by Gasteiger charge is -2.17. The monoisotopic (exact) mass is 410 g/mol. The Morgan fingerprint density at radius 3 is 2.90 bits per heavy atom. The number of aromatic nitrogens is 3. The lowest BCUT2D eigenvalue weighted by molar-refractivity contribution is 0.0792. The van der Waals surface area contributed by atoms with E-state index in [0.717, 1.165) is 16.6 Å². The molecule has 0 aliphatic carbocycles. The van der Waals surface area contributed by atoms with Gasteiger partial charge in [-0.05, 0) is 36.4 Å². The SMILES string of the molecule is COc1ccccc1C(=O)N(C)CCc1noc(-c2cc3cc(Cl)ccc3[nH]2)n1. The molecule has 0 fully saturated rings. The molecule has 0 bridgehead atoms. The Kier molecular flexibility index (Phi) is 5.22. The molecule has 148 valence electrons. The maximum absolute atomic E-state index is 12.7. The Bertz CT molecular complexity index is 1170. The summed E-state index contributed by atoms with van der Waals surface area (Å²) in [5.41, 5.74) is 2.17. The molecule has 0 saturated carbocycles.